The van der Waals surface area contributed by atoms with E-state index in [-0.39, 0.29) is 18.0 Å². The molecule has 0 saturated heterocycles. The maximum atomic E-state index is 12.3. The Balaban J connectivity index is 2.61. The average Bonchev–Trinajstić information content (AvgIpc) is 2.45. The molecular formula is C13H23N3O4S2. The van der Waals surface area contributed by atoms with E-state index in [0.717, 1.165) is 9.87 Å². The van der Waals surface area contributed by atoms with Crippen molar-refractivity contribution < 1.29 is 16.8 Å². The molecule has 7 nitrogen and oxygen atoms in total. The minimum atomic E-state index is -3.61. The predicted molar refractivity (Wildman–Crippen MR) is 86.2 cm³/mol. The summed E-state index contributed by atoms with van der Waals surface area (Å²) < 4.78 is 53.5. The van der Waals surface area contributed by atoms with Crippen LogP contribution in [-0.4, -0.2) is 47.8 Å². The summed E-state index contributed by atoms with van der Waals surface area (Å²) in [6.07, 6.45) is 0.683. The molecule has 0 bridgehead atoms. The number of hydrogen-bond acceptors (Lipinski definition) is 4. The highest BCUT2D eigenvalue weighted by molar-refractivity contribution is 7.89. The van der Waals surface area contributed by atoms with Crippen molar-refractivity contribution in [1.82, 2.24) is 13.7 Å². The van der Waals surface area contributed by atoms with Crippen LogP contribution < -0.4 is 9.44 Å². The van der Waals surface area contributed by atoms with E-state index in [2.05, 4.69) is 9.44 Å². The fourth-order valence-corrected chi connectivity index (χ4v) is 3.74. The molecule has 1 aromatic rings. The standard InChI is InChI=1S/C13H23N3O4S2/c1-4-9-14-22(19,20)15-10-11-16(3)21(17,18)13-7-5-12(2)6-8-13/h5-8,14-15H,4,9-11H2,1-3H3. The van der Waals surface area contributed by atoms with Crippen molar-refractivity contribution in [1.29, 1.82) is 0 Å². The molecule has 0 radical (unpaired) electrons. The predicted octanol–water partition coefficient (Wildman–Crippen LogP) is 0.450. The van der Waals surface area contributed by atoms with Gasteiger partial charge in [-0.25, -0.2) is 17.9 Å². The molecule has 9 heteroatoms. The third kappa shape index (κ3) is 5.65. The van der Waals surface area contributed by atoms with Crippen LogP contribution in [0.1, 0.15) is 18.9 Å². The summed E-state index contributed by atoms with van der Waals surface area (Å²) in [6, 6.07) is 6.51. The summed E-state index contributed by atoms with van der Waals surface area (Å²) in [7, 11) is -5.77. The van der Waals surface area contributed by atoms with Gasteiger partial charge in [-0.15, -0.1) is 0 Å². The van der Waals surface area contributed by atoms with Crippen LogP contribution in [0, 0.1) is 6.92 Å². The number of hydrogen-bond donors (Lipinski definition) is 2. The van der Waals surface area contributed by atoms with Gasteiger partial charge in [-0.2, -0.15) is 12.7 Å². The molecule has 1 rings (SSSR count). The normalized spacial score (nSPS) is 12.7. The molecule has 22 heavy (non-hydrogen) atoms. The summed E-state index contributed by atoms with van der Waals surface area (Å²) in [4.78, 5) is 0.188. The van der Waals surface area contributed by atoms with E-state index in [1.807, 2.05) is 13.8 Å². The average molecular weight is 349 g/mol. The minimum absolute atomic E-state index is 0.000634. The van der Waals surface area contributed by atoms with Crippen LogP contribution in [0.5, 0.6) is 0 Å². The summed E-state index contributed by atoms with van der Waals surface area (Å²) >= 11 is 0. The molecule has 0 amide bonds. The van der Waals surface area contributed by atoms with Crippen molar-refractivity contribution in [2.24, 2.45) is 0 Å². The Bertz CT molecular complexity index is 670. The Morgan fingerprint density at radius 1 is 1.00 bits per heavy atom. The zero-order chi connectivity index (χ0) is 16.8. The largest absolute Gasteiger partial charge is 0.276 e. The van der Waals surface area contributed by atoms with Crippen LogP contribution in [0.4, 0.5) is 0 Å². The Labute approximate surface area is 133 Å². The lowest BCUT2D eigenvalue weighted by atomic mass is 10.2. The Morgan fingerprint density at radius 2 is 1.55 bits per heavy atom. The molecule has 0 atom stereocenters. The molecule has 0 aliphatic heterocycles. The van der Waals surface area contributed by atoms with Crippen molar-refractivity contribution in [2.75, 3.05) is 26.7 Å². The van der Waals surface area contributed by atoms with Crippen LogP contribution in [0.3, 0.4) is 0 Å². The zero-order valence-electron chi connectivity index (χ0n) is 13.0. The molecule has 0 heterocycles. The molecular weight excluding hydrogens is 326 g/mol. The monoisotopic (exact) mass is 349 g/mol. The summed E-state index contributed by atoms with van der Waals surface area (Å²) in [6.45, 7) is 4.11. The van der Waals surface area contributed by atoms with Crippen LogP contribution in [0.2, 0.25) is 0 Å². The van der Waals surface area contributed by atoms with Crippen LogP contribution in [0.25, 0.3) is 0 Å². The van der Waals surface area contributed by atoms with Crippen LogP contribution >= 0.6 is 0 Å². The lowest BCUT2D eigenvalue weighted by Gasteiger charge is -2.17. The molecule has 0 aliphatic rings. The van der Waals surface area contributed by atoms with Gasteiger partial charge in [-0.05, 0) is 25.5 Å². The van der Waals surface area contributed by atoms with Crippen molar-refractivity contribution in [3.8, 4) is 0 Å². The molecule has 1 aromatic carbocycles. The van der Waals surface area contributed by atoms with Gasteiger partial charge in [0, 0.05) is 26.7 Å². The van der Waals surface area contributed by atoms with Crippen molar-refractivity contribution in [2.45, 2.75) is 25.2 Å². The maximum absolute atomic E-state index is 12.3. The number of sulfonamides is 1. The fourth-order valence-electron chi connectivity index (χ4n) is 1.64. The lowest BCUT2D eigenvalue weighted by molar-refractivity contribution is 0.468. The SMILES string of the molecule is CCCNS(=O)(=O)NCCN(C)S(=O)(=O)c1ccc(C)cc1. The fraction of sp³-hybridized carbons (Fsp3) is 0.538. The van der Waals surface area contributed by atoms with Crippen molar-refractivity contribution >= 4 is 20.2 Å². The summed E-state index contributed by atoms with van der Waals surface area (Å²) in [5.74, 6) is 0. The number of nitrogens with zero attached hydrogens (tertiary/aromatic N) is 1. The van der Waals surface area contributed by atoms with Gasteiger partial charge in [-0.3, -0.25) is 0 Å². The Morgan fingerprint density at radius 3 is 2.09 bits per heavy atom. The van der Waals surface area contributed by atoms with Gasteiger partial charge in [0.1, 0.15) is 0 Å². The quantitative estimate of drug-likeness (QED) is 0.676. The third-order valence-electron chi connectivity index (χ3n) is 2.99. The maximum Gasteiger partial charge on any atom is 0.276 e. The van der Waals surface area contributed by atoms with Gasteiger partial charge in [-0.1, -0.05) is 24.6 Å². The first-order chi connectivity index (χ1) is 10.2. The molecule has 2 N–H and O–H groups in total. The van der Waals surface area contributed by atoms with E-state index in [1.165, 1.54) is 19.2 Å². The number of nitrogens with one attached hydrogen (secondary N) is 2. The van der Waals surface area contributed by atoms with E-state index in [9.17, 15) is 16.8 Å². The zero-order valence-corrected chi connectivity index (χ0v) is 14.7. The summed E-state index contributed by atoms with van der Waals surface area (Å²) in [5.41, 5.74) is 0.969. The van der Waals surface area contributed by atoms with Gasteiger partial charge in [0.25, 0.3) is 10.2 Å². The van der Waals surface area contributed by atoms with E-state index in [1.54, 1.807) is 12.1 Å². The first-order valence-electron chi connectivity index (χ1n) is 6.96. The van der Waals surface area contributed by atoms with Crippen LogP contribution in [-0.2, 0) is 20.2 Å². The first-order valence-corrected chi connectivity index (χ1v) is 9.88. The number of benzene rings is 1. The van der Waals surface area contributed by atoms with Crippen molar-refractivity contribution in [3.63, 3.8) is 0 Å². The second-order valence-electron chi connectivity index (χ2n) is 4.93. The second kappa shape index (κ2) is 8.02. The smallest absolute Gasteiger partial charge is 0.207 e. The van der Waals surface area contributed by atoms with Gasteiger partial charge >= 0.3 is 0 Å². The number of aryl methyl sites for hydroxylation is 1. The minimum Gasteiger partial charge on any atom is -0.207 e. The number of rotatable bonds is 9. The molecule has 0 fully saturated rings. The van der Waals surface area contributed by atoms with Crippen LogP contribution in [0.15, 0.2) is 29.2 Å². The summed E-state index contributed by atoms with van der Waals surface area (Å²) in [5, 5.41) is 0. The van der Waals surface area contributed by atoms with Gasteiger partial charge < -0.3 is 0 Å². The Kier molecular flexibility index (Phi) is 6.95. The van der Waals surface area contributed by atoms with E-state index in [0.29, 0.717) is 13.0 Å². The third-order valence-corrected chi connectivity index (χ3v) is 6.03. The van der Waals surface area contributed by atoms with Gasteiger partial charge in [0.2, 0.25) is 10.0 Å². The first kappa shape index (κ1) is 19.0. The van der Waals surface area contributed by atoms with E-state index >= 15 is 0 Å². The molecule has 0 spiro atoms. The molecule has 0 aromatic heterocycles. The lowest BCUT2D eigenvalue weighted by Crippen LogP contribution is -2.41. The number of likely N-dealkylation sites (N-methyl/N-ethyl adjacent to an activating group) is 1. The van der Waals surface area contributed by atoms with Gasteiger partial charge in [0.15, 0.2) is 0 Å². The second-order valence-corrected chi connectivity index (χ2v) is 8.56. The topological polar surface area (TPSA) is 95.6 Å². The van der Waals surface area contributed by atoms with E-state index < -0.39 is 20.2 Å². The molecule has 0 saturated carbocycles. The molecule has 0 unspecified atom stereocenters. The highest BCUT2D eigenvalue weighted by Crippen LogP contribution is 2.14. The van der Waals surface area contributed by atoms with E-state index in [4.69, 9.17) is 0 Å². The molecule has 126 valence electrons. The highest BCUT2D eigenvalue weighted by Gasteiger charge is 2.20. The Hall–Kier alpha value is -1.00. The highest BCUT2D eigenvalue weighted by atomic mass is 32.2. The molecule has 0 aliphatic carbocycles. The van der Waals surface area contributed by atoms with Gasteiger partial charge in [0.05, 0.1) is 4.90 Å². The van der Waals surface area contributed by atoms with Crippen molar-refractivity contribution in [3.05, 3.63) is 29.8 Å².